The van der Waals surface area contributed by atoms with Gasteiger partial charge < -0.3 is 15.1 Å². The van der Waals surface area contributed by atoms with Gasteiger partial charge in [0.1, 0.15) is 6.54 Å². The number of nitrogens with one attached hydrogen (secondary N) is 1. The Hall–Kier alpha value is -2.10. The smallest absolute Gasteiger partial charge is 0.333 e. The quantitative estimate of drug-likeness (QED) is 0.803. The summed E-state index contributed by atoms with van der Waals surface area (Å²) in [4.78, 5) is 27.5. The standard InChI is InChI=1S/C13H18F3N5O2/c1-19-4-2-5-20(8-7-19)12(23)11(22)17-10-3-6-21(18-10)9-13(14,15)16/h3,6H,2,4-5,7-9H2,1H3,(H,17,18,22). The molecule has 2 rings (SSSR count). The van der Waals surface area contributed by atoms with Crippen LogP contribution in [0.25, 0.3) is 0 Å². The second-order valence-electron chi connectivity index (χ2n) is 5.42. The van der Waals surface area contributed by atoms with Crippen LogP contribution in [0.15, 0.2) is 12.3 Å². The van der Waals surface area contributed by atoms with Gasteiger partial charge in [-0.05, 0) is 20.0 Å². The van der Waals surface area contributed by atoms with Crippen LogP contribution in [-0.2, 0) is 16.1 Å². The third-order valence-electron chi connectivity index (χ3n) is 3.42. The van der Waals surface area contributed by atoms with Gasteiger partial charge in [0.05, 0.1) is 0 Å². The van der Waals surface area contributed by atoms with Gasteiger partial charge in [-0.25, -0.2) is 0 Å². The summed E-state index contributed by atoms with van der Waals surface area (Å²) in [7, 11) is 1.93. The maximum Gasteiger partial charge on any atom is 0.408 e. The van der Waals surface area contributed by atoms with Gasteiger partial charge >= 0.3 is 18.0 Å². The van der Waals surface area contributed by atoms with E-state index in [1.165, 1.54) is 11.0 Å². The summed E-state index contributed by atoms with van der Waals surface area (Å²) in [5.74, 6) is -1.68. The second kappa shape index (κ2) is 6.99. The highest BCUT2D eigenvalue weighted by Crippen LogP contribution is 2.17. The number of alkyl halides is 3. The number of hydrogen-bond acceptors (Lipinski definition) is 4. The average Bonchev–Trinajstić information content (AvgIpc) is 2.74. The lowest BCUT2D eigenvalue weighted by molar-refractivity contribution is -0.143. The molecule has 0 bridgehead atoms. The SMILES string of the molecule is CN1CCCN(C(=O)C(=O)Nc2ccn(CC(F)(F)F)n2)CC1. The molecule has 1 N–H and O–H groups in total. The number of aromatic nitrogens is 2. The summed E-state index contributed by atoms with van der Waals surface area (Å²) >= 11 is 0. The maximum absolute atomic E-state index is 12.2. The molecular formula is C13H18F3N5O2. The van der Waals surface area contributed by atoms with Crippen LogP contribution < -0.4 is 5.32 Å². The lowest BCUT2D eigenvalue weighted by Crippen LogP contribution is -2.41. The number of likely N-dealkylation sites (N-methyl/N-ethyl adjacent to an activating group) is 1. The summed E-state index contributed by atoms with van der Waals surface area (Å²) in [6.45, 7) is 1.16. The van der Waals surface area contributed by atoms with Gasteiger partial charge in [0, 0.05) is 31.9 Å². The van der Waals surface area contributed by atoms with Crippen molar-refractivity contribution in [2.24, 2.45) is 0 Å². The van der Waals surface area contributed by atoms with Crippen molar-refractivity contribution in [3.63, 3.8) is 0 Å². The molecule has 0 aliphatic carbocycles. The van der Waals surface area contributed by atoms with E-state index in [1.807, 2.05) is 7.05 Å². The Labute approximate surface area is 131 Å². The van der Waals surface area contributed by atoms with E-state index >= 15 is 0 Å². The molecule has 0 unspecified atom stereocenters. The molecule has 128 valence electrons. The Kier molecular flexibility index (Phi) is 5.24. The maximum atomic E-state index is 12.2. The number of carbonyl (C=O) groups is 2. The van der Waals surface area contributed by atoms with Crippen LogP contribution in [0.5, 0.6) is 0 Å². The molecule has 1 aromatic rings. The Bertz CT molecular complexity index is 572. The van der Waals surface area contributed by atoms with Gasteiger partial charge in [-0.2, -0.15) is 18.3 Å². The van der Waals surface area contributed by atoms with Crippen molar-refractivity contribution < 1.29 is 22.8 Å². The lowest BCUT2D eigenvalue weighted by Gasteiger charge is -2.19. The molecule has 23 heavy (non-hydrogen) atoms. The molecule has 0 saturated carbocycles. The Balaban J connectivity index is 1.92. The zero-order valence-corrected chi connectivity index (χ0v) is 12.6. The number of amides is 2. The summed E-state index contributed by atoms with van der Waals surface area (Å²) in [6, 6.07) is 1.22. The van der Waals surface area contributed by atoms with Gasteiger partial charge in [-0.1, -0.05) is 0 Å². The first-order chi connectivity index (χ1) is 10.7. The van der Waals surface area contributed by atoms with Crippen molar-refractivity contribution in [1.29, 1.82) is 0 Å². The zero-order chi connectivity index (χ0) is 17.0. The monoisotopic (exact) mass is 333 g/mol. The first kappa shape index (κ1) is 17.3. The molecule has 10 heteroatoms. The molecule has 1 aliphatic rings. The molecule has 1 fully saturated rings. The highest BCUT2D eigenvalue weighted by atomic mass is 19.4. The first-order valence-electron chi connectivity index (χ1n) is 7.13. The fourth-order valence-corrected chi connectivity index (χ4v) is 2.26. The molecule has 0 atom stereocenters. The van der Waals surface area contributed by atoms with E-state index in [9.17, 15) is 22.8 Å². The largest absolute Gasteiger partial charge is 0.408 e. The predicted octanol–water partition coefficient (Wildman–Crippen LogP) is 0.548. The van der Waals surface area contributed by atoms with E-state index in [1.54, 1.807) is 0 Å². The molecule has 0 aromatic carbocycles. The molecule has 2 heterocycles. The van der Waals surface area contributed by atoms with E-state index in [-0.39, 0.29) is 5.82 Å². The highest BCUT2D eigenvalue weighted by molar-refractivity contribution is 6.39. The van der Waals surface area contributed by atoms with E-state index in [0.717, 1.165) is 19.2 Å². The lowest BCUT2D eigenvalue weighted by atomic mass is 10.3. The number of rotatable bonds is 2. The molecule has 0 radical (unpaired) electrons. The third kappa shape index (κ3) is 5.23. The third-order valence-corrected chi connectivity index (χ3v) is 3.42. The molecule has 0 spiro atoms. The van der Waals surface area contributed by atoms with E-state index in [4.69, 9.17) is 0 Å². The van der Waals surface area contributed by atoms with Crippen molar-refractivity contribution in [1.82, 2.24) is 19.6 Å². The van der Waals surface area contributed by atoms with Crippen LogP contribution in [0.3, 0.4) is 0 Å². The van der Waals surface area contributed by atoms with Crippen molar-refractivity contribution in [3.05, 3.63) is 12.3 Å². The van der Waals surface area contributed by atoms with Gasteiger partial charge in [0.2, 0.25) is 0 Å². The number of anilines is 1. The van der Waals surface area contributed by atoms with Crippen LogP contribution in [-0.4, -0.2) is 70.8 Å². The van der Waals surface area contributed by atoms with E-state index in [2.05, 4.69) is 15.3 Å². The Morgan fingerprint density at radius 3 is 2.70 bits per heavy atom. The van der Waals surface area contributed by atoms with Gasteiger partial charge in [-0.3, -0.25) is 14.3 Å². The predicted molar refractivity (Wildman–Crippen MR) is 75.6 cm³/mol. The summed E-state index contributed by atoms with van der Waals surface area (Å²) in [5.41, 5.74) is 0. The van der Waals surface area contributed by atoms with Crippen molar-refractivity contribution in [3.8, 4) is 0 Å². The number of halogens is 3. The summed E-state index contributed by atoms with van der Waals surface area (Å²) in [6.07, 6.45) is -2.55. The normalized spacial score (nSPS) is 17.0. The molecule has 1 aromatic heterocycles. The minimum absolute atomic E-state index is 0.0838. The highest BCUT2D eigenvalue weighted by Gasteiger charge is 2.29. The zero-order valence-electron chi connectivity index (χ0n) is 12.6. The summed E-state index contributed by atoms with van der Waals surface area (Å²) < 4.78 is 37.4. The second-order valence-corrected chi connectivity index (χ2v) is 5.42. The molecule has 1 aliphatic heterocycles. The molecule has 7 nitrogen and oxygen atoms in total. The summed E-state index contributed by atoms with van der Waals surface area (Å²) in [5, 5.41) is 5.81. The van der Waals surface area contributed by atoms with E-state index in [0.29, 0.717) is 24.3 Å². The number of carbonyl (C=O) groups excluding carboxylic acids is 2. The fraction of sp³-hybridized carbons (Fsp3) is 0.615. The fourth-order valence-electron chi connectivity index (χ4n) is 2.26. The van der Waals surface area contributed by atoms with Crippen LogP contribution in [0.4, 0.5) is 19.0 Å². The van der Waals surface area contributed by atoms with Crippen molar-refractivity contribution >= 4 is 17.6 Å². The van der Waals surface area contributed by atoms with Crippen molar-refractivity contribution in [2.45, 2.75) is 19.1 Å². The first-order valence-corrected chi connectivity index (χ1v) is 7.13. The van der Waals surface area contributed by atoms with Crippen LogP contribution >= 0.6 is 0 Å². The van der Waals surface area contributed by atoms with Crippen LogP contribution in [0, 0.1) is 0 Å². The van der Waals surface area contributed by atoms with Crippen LogP contribution in [0.1, 0.15) is 6.42 Å². The van der Waals surface area contributed by atoms with Gasteiger partial charge in [0.25, 0.3) is 0 Å². The topological polar surface area (TPSA) is 70.5 Å². The Morgan fingerprint density at radius 1 is 1.26 bits per heavy atom. The number of hydrogen-bond donors (Lipinski definition) is 1. The van der Waals surface area contributed by atoms with Crippen molar-refractivity contribution in [2.75, 3.05) is 38.5 Å². The molecule has 2 amide bonds. The van der Waals surface area contributed by atoms with E-state index < -0.39 is 24.5 Å². The minimum Gasteiger partial charge on any atom is -0.333 e. The molecule has 1 saturated heterocycles. The average molecular weight is 333 g/mol. The van der Waals surface area contributed by atoms with Crippen LogP contribution in [0.2, 0.25) is 0 Å². The Morgan fingerprint density at radius 2 is 2.00 bits per heavy atom. The van der Waals surface area contributed by atoms with Gasteiger partial charge in [0.15, 0.2) is 5.82 Å². The minimum atomic E-state index is -4.40. The van der Waals surface area contributed by atoms with Gasteiger partial charge in [-0.15, -0.1) is 0 Å². The molecular weight excluding hydrogens is 315 g/mol. The number of nitrogens with zero attached hydrogens (tertiary/aromatic N) is 4.